The van der Waals surface area contributed by atoms with Crippen molar-refractivity contribution in [2.24, 2.45) is 0 Å². The van der Waals surface area contributed by atoms with Crippen LogP contribution in [0, 0.1) is 6.92 Å². The largest absolute Gasteiger partial charge is 0.372 e. The van der Waals surface area contributed by atoms with Gasteiger partial charge < -0.3 is 14.7 Å². The van der Waals surface area contributed by atoms with Crippen LogP contribution in [0.4, 0.5) is 5.69 Å². The number of hydrogen-bond acceptors (Lipinski definition) is 3. The van der Waals surface area contributed by atoms with Crippen LogP contribution in [-0.4, -0.2) is 24.8 Å². The molecule has 0 fully saturated rings. The molecule has 0 aliphatic carbocycles. The molecule has 0 heterocycles. The third-order valence-electron chi connectivity index (χ3n) is 5.66. The van der Waals surface area contributed by atoms with Gasteiger partial charge in [0.25, 0.3) is 0 Å². The predicted molar refractivity (Wildman–Crippen MR) is 130 cm³/mol. The standard InChI is InChI=1S/C27H32ClNO2/c1-4-29(5-2)26-16-10-22(11-17-26)18-19-31-27(30,24-12-6-21(3)7-13-24)20-23-8-14-25(28)15-9-23/h6-17,30H,4-5,18-20H2,1-3H3/t27-/m1/s1. The Bertz CT molecular complexity index is 934. The van der Waals surface area contributed by atoms with Crippen molar-refractivity contribution in [2.75, 3.05) is 24.6 Å². The number of rotatable bonds is 10. The van der Waals surface area contributed by atoms with E-state index in [4.69, 9.17) is 16.3 Å². The monoisotopic (exact) mass is 437 g/mol. The van der Waals surface area contributed by atoms with E-state index in [1.807, 2.05) is 55.5 Å². The van der Waals surface area contributed by atoms with Gasteiger partial charge >= 0.3 is 0 Å². The maximum atomic E-state index is 11.5. The number of hydrogen-bond donors (Lipinski definition) is 1. The van der Waals surface area contributed by atoms with Gasteiger partial charge in [-0.1, -0.05) is 65.7 Å². The minimum atomic E-state index is -1.40. The molecule has 1 N–H and O–H groups in total. The average Bonchev–Trinajstić information content (AvgIpc) is 2.78. The summed E-state index contributed by atoms with van der Waals surface area (Å²) in [5.41, 5.74) is 5.29. The molecule has 3 rings (SSSR count). The highest BCUT2D eigenvalue weighted by atomic mass is 35.5. The molecule has 0 aromatic heterocycles. The van der Waals surface area contributed by atoms with Crippen LogP contribution in [-0.2, 0) is 23.4 Å². The normalized spacial score (nSPS) is 13.1. The molecule has 0 spiro atoms. The average molecular weight is 438 g/mol. The Hall–Kier alpha value is -2.33. The first-order chi connectivity index (χ1) is 14.9. The minimum absolute atomic E-state index is 0.355. The van der Waals surface area contributed by atoms with Gasteiger partial charge in [0, 0.05) is 35.8 Å². The van der Waals surface area contributed by atoms with Crippen molar-refractivity contribution in [2.45, 2.75) is 39.4 Å². The topological polar surface area (TPSA) is 32.7 Å². The second-order valence-corrected chi connectivity index (χ2v) is 8.33. The predicted octanol–water partition coefficient (Wildman–Crippen LogP) is 6.14. The minimum Gasteiger partial charge on any atom is -0.372 e. The lowest BCUT2D eigenvalue weighted by Gasteiger charge is -2.29. The lowest BCUT2D eigenvalue weighted by atomic mass is 9.96. The third kappa shape index (κ3) is 6.33. The number of aryl methyl sites for hydroxylation is 1. The smallest absolute Gasteiger partial charge is 0.196 e. The second kappa shape index (κ2) is 10.8. The summed E-state index contributed by atoms with van der Waals surface area (Å²) in [6.07, 6.45) is 1.08. The molecule has 0 saturated heterocycles. The lowest BCUT2D eigenvalue weighted by molar-refractivity contribution is -0.211. The summed E-state index contributed by atoms with van der Waals surface area (Å²) in [6.45, 7) is 8.77. The van der Waals surface area contributed by atoms with E-state index in [1.54, 1.807) is 0 Å². The Morgan fingerprint density at radius 2 is 1.42 bits per heavy atom. The molecule has 0 amide bonds. The van der Waals surface area contributed by atoms with Crippen LogP contribution in [0.25, 0.3) is 0 Å². The molecule has 0 aliphatic rings. The Morgan fingerprint density at radius 1 is 0.839 bits per heavy atom. The van der Waals surface area contributed by atoms with Crippen molar-refractivity contribution < 1.29 is 9.84 Å². The first-order valence-corrected chi connectivity index (χ1v) is 11.3. The highest BCUT2D eigenvalue weighted by Crippen LogP contribution is 2.29. The van der Waals surface area contributed by atoms with Gasteiger partial charge in [-0.15, -0.1) is 0 Å². The van der Waals surface area contributed by atoms with Crippen molar-refractivity contribution in [3.63, 3.8) is 0 Å². The molecule has 4 heteroatoms. The fourth-order valence-electron chi connectivity index (χ4n) is 3.73. The van der Waals surface area contributed by atoms with Crippen LogP contribution in [0.1, 0.15) is 36.1 Å². The van der Waals surface area contributed by atoms with Gasteiger partial charge in [0.05, 0.1) is 6.61 Å². The zero-order chi connectivity index (χ0) is 22.3. The first kappa shape index (κ1) is 23.3. The third-order valence-corrected chi connectivity index (χ3v) is 5.91. The molecule has 3 aromatic rings. The summed E-state index contributed by atoms with van der Waals surface area (Å²) in [5.74, 6) is -1.40. The maximum absolute atomic E-state index is 11.5. The van der Waals surface area contributed by atoms with E-state index in [0.29, 0.717) is 18.1 Å². The van der Waals surface area contributed by atoms with Crippen LogP contribution >= 0.6 is 11.6 Å². The van der Waals surface area contributed by atoms with Crippen LogP contribution in [0.15, 0.2) is 72.8 Å². The summed E-state index contributed by atoms with van der Waals surface area (Å²) in [5, 5.41) is 12.2. The quantitative estimate of drug-likeness (QED) is 0.386. The van der Waals surface area contributed by atoms with Crippen molar-refractivity contribution >= 4 is 17.3 Å². The molecule has 3 nitrogen and oxygen atoms in total. The van der Waals surface area contributed by atoms with E-state index in [-0.39, 0.29) is 0 Å². The van der Waals surface area contributed by atoms with Crippen molar-refractivity contribution in [3.8, 4) is 0 Å². The highest BCUT2D eigenvalue weighted by molar-refractivity contribution is 6.30. The van der Waals surface area contributed by atoms with Crippen molar-refractivity contribution in [1.82, 2.24) is 0 Å². The number of ether oxygens (including phenoxy) is 1. The molecule has 0 radical (unpaired) electrons. The van der Waals surface area contributed by atoms with E-state index < -0.39 is 5.79 Å². The van der Waals surface area contributed by atoms with E-state index in [9.17, 15) is 5.11 Å². The Morgan fingerprint density at radius 3 is 2.00 bits per heavy atom. The first-order valence-electron chi connectivity index (χ1n) is 11.0. The molecule has 0 bridgehead atoms. The molecule has 1 atom stereocenters. The summed E-state index contributed by atoms with van der Waals surface area (Å²) in [4.78, 5) is 2.32. The molecule has 0 unspecified atom stereocenters. The van der Waals surface area contributed by atoms with Crippen LogP contribution in [0.3, 0.4) is 0 Å². The van der Waals surface area contributed by atoms with E-state index in [2.05, 4.69) is 43.0 Å². The Labute approximate surface area is 191 Å². The summed E-state index contributed by atoms with van der Waals surface area (Å²) < 4.78 is 6.13. The Kier molecular flexibility index (Phi) is 8.14. The van der Waals surface area contributed by atoms with E-state index in [0.717, 1.165) is 36.2 Å². The number of nitrogens with zero attached hydrogens (tertiary/aromatic N) is 1. The summed E-state index contributed by atoms with van der Waals surface area (Å²) >= 11 is 6.02. The highest BCUT2D eigenvalue weighted by Gasteiger charge is 2.30. The molecule has 164 valence electrons. The van der Waals surface area contributed by atoms with E-state index in [1.165, 1.54) is 11.3 Å². The Balaban J connectivity index is 1.71. The fraction of sp³-hybridized carbons (Fsp3) is 0.333. The van der Waals surface area contributed by atoms with Crippen LogP contribution in [0.2, 0.25) is 5.02 Å². The zero-order valence-electron chi connectivity index (χ0n) is 18.6. The van der Waals surface area contributed by atoms with E-state index >= 15 is 0 Å². The van der Waals surface area contributed by atoms with Gasteiger partial charge in [-0.2, -0.15) is 0 Å². The molecule has 3 aromatic carbocycles. The maximum Gasteiger partial charge on any atom is 0.196 e. The van der Waals surface area contributed by atoms with Gasteiger partial charge in [-0.3, -0.25) is 0 Å². The summed E-state index contributed by atoms with van der Waals surface area (Å²) in [7, 11) is 0. The van der Waals surface area contributed by atoms with Gasteiger partial charge in [-0.25, -0.2) is 0 Å². The number of anilines is 1. The number of halogens is 1. The lowest BCUT2D eigenvalue weighted by Crippen LogP contribution is -2.33. The molecule has 0 aliphatic heterocycles. The van der Waals surface area contributed by atoms with Crippen LogP contribution in [0.5, 0.6) is 0 Å². The molecular weight excluding hydrogens is 406 g/mol. The van der Waals surface area contributed by atoms with Crippen LogP contribution < -0.4 is 4.90 Å². The SMILES string of the molecule is CCN(CC)c1ccc(CCO[C@](O)(Cc2ccc(Cl)cc2)c2ccc(C)cc2)cc1. The van der Waals surface area contributed by atoms with Gasteiger partial charge in [0.2, 0.25) is 0 Å². The number of aliphatic hydroxyl groups is 1. The summed E-state index contributed by atoms with van der Waals surface area (Å²) in [6, 6.07) is 24.0. The van der Waals surface area contributed by atoms with Crippen molar-refractivity contribution in [3.05, 3.63) is 100 Å². The fourth-order valence-corrected chi connectivity index (χ4v) is 3.86. The van der Waals surface area contributed by atoms with Gasteiger partial charge in [-0.05, 0) is 62.6 Å². The number of benzene rings is 3. The molecule has 31 heavy (non-hydrogen) atoms. The molecular formula is C27H32ClNO2. The van der Waals surface area contributed by atoms with Gasteiger partial charge in [0.1, 0.15) is 0 Å². The second-order valence-electron chi connectivity index (χ2n) is 7.89. The molecule has 0 saturated carbocycles. The van der Waals surface area contributed by atoms with Gasteiger partial charge in [0.15, 0.2) is 5.79 Å². The zero-order valence-corrected chi connectivity index (χ0v) is 19.4. The van der Waals surface area contributed by atoms with Crippen molar-refractivity contribution in [1.29, 1.82) is 0 Å².